The maximum absolute atomic E-state index is 4.56. The summed E-state index contributed by atoms with van der Waals surface area (Å²) in [5.41, 5.74) is 4.59. The number of halogens is 1. The third kappa shape index (κ3) is 5.17. The second-order valence-corrected chi connectivity index (χ2v) is 6.91. The van der Waals surface area contributed by atoms with Gasteiger partial charge in [-0.25, -0.2) is 4.98 Å². The Balaban J connectivity index is 0.00000288. The van der Waals surface area contributed by atoms with E-state index in [0.717, 1.165) is 36.9 Å². The fourth-order valence-corrected chi connectivity index (χ4v) is 3.33. The van der Waals surface area contributed by atoms with Crippen LogP contribution in [-0.2, 0) is 20.0 Å². The molecule has 2 heterocycles. The molecule has 0 aliphatic carbocycles. The highest BCUT2D eigenvalue weighted by Gasteiger charge is 2.10. The van der Waals surface area contributed by atoms with Crippen LogP contribution in [0.2, 0.25) is 0 Å². The summed E-state index contributed by atoms with van der Waals surface area (Å²) in [4.78, 5) is 10.1. The summed E-state index contributed by atoms with van der Waals surface area (Å²) >= 11 is 1.77. The van der Waals surface area contributed by atoms with Gasteiger partial charge in [-0.3, -0.25) is 9.67 Å². The molecule has 0 amide bonds. The first-order chi connectivity index (χ1) is 10.9. The van der Waals surface area contributed by atoms with Gasteiger partial charge in [0.1, 0.15) is 0 Å². The first-order valence-electron chi connectivity index (χ1n) is 7.78. The minimum Gasteiger partial charge on any atom is -0.356 e. The summed E-state index contributed by atoms with van der Waals surface area (Å²) in [7, 11) is 3.76. The minimum atomic E-state index is 0. The van der Waals surface area contributed by atoms with Crippen LogP contribution < -0.4 is 10.6 Å². The van der Waals surface area contributed by atoms with Crippen molar-refractivity contribution in [1.29, 1.82) is 0 Å². The number of rotatable bonds is 5. The molecule has 0 radical (unpaired) electrons. The van der Waals surface area contributed by atoms with E-state index in [1.165, 1.54) is 21.1 Å². The predicted molar refractivity (Wildman–Crippen MR) is 112 cm³/mol. The quantitative estimate of drug-likeness (QED) is 0.408. The Morgan fingerprint density at radius 3 is 2.38 bits per heavy atom. The summed E-state index contributed by atoms with van der Waals surface area (Å²) in [6.07, 6.45) is 0.908. The van der Waals surface area contributed by atoms with Crippen LogP contribution in [0.4, 0.5) is 0 Å². The van der Waals surface area contributed by atoms with Gasteiger partial charge in [-0.2, -0.15) is 5.10 Å². The summed E-state index contributed by atoms with van der Waals surface area (Å²) in [6.45, 7) is 9.83. The molecule has 0 aliphatic heterocycles. The van der Waals surface area contributed by atoms with Gasteiger partial charge in [0.2, 0.25) is 0 Å². The van der Waals surface area contributed by atoms with Crippen LogP contribution in [0.3, 0.4) is 0 Å². The number of nitrogens with one attached hydrogen (secondary N) is 2. The lowest BCUT2D eigenvalue weighted by Gasteiger charge is -2.11. The van der Waals surface area contributed by atoms with Crippen molar-refractivity contribution in [3.8, 4) is 0 Å². The zero-order valence-corrected chi connectivity index (χ0v) is 18.4. The van der Waals surface area contributed by atoms with Gasteiger partial charge in [0, 0.05) is 49.7 Å². The Bertz CT molecular complexity index is 684. The molecule has 2 aromatic heterocycles. The monoisotopic (exact) mass is 462 g/mol. The van der Waals surface area contributed by atoms with Gasteiger partial charge < -0.3 is 10.6 Å². The molecule has 6 nitrogen and oxygen atoms in total. The normalized spacial score (nSPS) is 11.3. The van der Waals surface area contributed by atoms with E-state index < -0.39 is 0 Å². The molecule has 2 aromatic rings. The number of hydrogen-bond acceptors (Lipinski definition) is 4. The highest BCUT2D eigenvalue weighted by atomic mass is 127. The molecule has 0 atom stereocenters. The fraction of sp³-hybridized carbons (Fsp3) is 0.562. The Hall–Kier alpha value is -1.16. The second-order valence-electron chi connectivity index (χ2n) is 5.62. The first kappa shape index (κ1) is 20.9. The van der Waals surface area contributed by atoms with Crippen LogP contribution in [0.5, 0.6) is 0 Å². The zero-order chi connectivity index (χ0) is 17.0. The largest absolute Gasteiger partial charge is 0.356 e. The van der Waals surface area contributed by atoms with Gasteiger partial charge in [0.25, 0.3) is 0 Å². The third-order valence-corrected chi connectivity index (χ3v) is 5.15. The van der Waals surface area contributed by atoms with Gasteiger partial charge in [0.15, 0.2) is 5.96 Å². The molecular formula is C16H27IN6S. The van der Waals surface area contributed by atoms with Crippen LogP contribution in [0.1, 0.15) is 32.5 Å². The lowest BCUT2D eigenvalue weighted by molar-refractivity contribution is 0.728. The number of guanidine groups is 1. The van der Waals surface area contributed by atoms with E-state index in [0.29, 0.717) is 0 Å². The van der Waals surface area contributed by atoms with Gasteiger partial charge in [-0.1, -0.05) is 0 Å². The molecule has 0 saturated carbocycles. The molecule has 0 spiro atoms. The van der Waals surface area contributed by atoms with Crippen molar-refractivity contribution >= 4 is 41.3 Å². The number of aryl methyl sites for hydroxylation is 4. The minimum absolute atomic E-state index is 0. The van der Waals surface area contributed by atoms with Crippen molar-refractivity contribution in [1.82, 2.24) is 25.4 Å². The van der Waals surface area contributed by atoms with Crippen LogP contribution >= 0.6 is 35.3 Å². The maximum Gasteiger partial charge on any atom is 0.191 e. The van der Waals surface area contributed by atoms with E-state index in [1.807, 2.05) is 18.7 Å². The topological polar surface area (TPSA) is 67.1 Å². The summed E-state index contributed by atoms with van der Waals surface area (Å²) in [6, 6.07) is 0. The Morgan fingerprint density at radius 1 is 1.17 bits per heavy atom. The fourth-order valence-electron chi connectivity index (χ4n) is 2.40. The van der Waals surface area contributed by atoms with Crippen LogP contribution in [-0.4, -0.2) is 34.3 Å². The van der Waals surface area contributed by atoms with Gasteiger partial charge in [0.05, 0.1) is 16.4 Å². The average molecular weight is 462 g/mol. The van der Waals surface area contributed by atoms with Crippen molar-refractivity contribution in [2.45, 2.75) is 40.7 Å². The van der Waals surface area contributed by atoms with Crippen LogP contribution in [0, 0.1) is 27.7 Å². The van der Waals surface area contributed by atoms with Crippen LogP contribution in [0.25, 0.3) is 0 Å². The van der Waals surface area contributed by atoms with Gasteiger partial charge >= 0.3 is 0 Å². The van der Waals surface area contributed by atoms with E-state index in [2.05, 4.69) is 46.5 Å². The molecule has 0 unspecified atom stereocenters. The summed E-state index contributed by atoms with van der Waals surface area (Å²) in [5.74, 6) is 0.803. The summed E-state index contributed by atoms with van der Waals surface area (Å²) < 4.78 is 1.91. The highest BCUT2D eigenvalue weighted by Crippen LogP contribution is 2.16. The number of aliphatic imine (C=N–C) groups is 1. The van der Waals surface area contributed by atoms with E-state index in [1.54, 1.807) is 18.4 Å². The molecule has 0 aliphatic rings. The summed E-state index contributed by atoms with van der Waals surface area (Å²) in [5, 5.41) is 12.3. The Morgan fingerprint density at radius 2 is 1.88 bits per heavy atom. The Kier molecular flexibility index (Phi) is 8.14. The number of thiazole rings is 1. The molecule has 0 saturated heterocycles. The number of hydrogen-bond donors (Lipinski definition) is 2. The van der Waals surface area contributed by atoms with Gasteiger partial charge in [-0.05, 0) is 27.7 Å². The molecule has 24 heavy (non-hydrogen) atoms. The smallest absolute Gasteiger partial charge is 0.191 e. The van der Waals surface area contributed by atoms with Crippen molar-refractivity contribution in [3.63, 3.8) is 0 Å². The molecule has 0 aromatic carbocycles. The van der Waals surface area contributed by atoms with E-state index in [9.17, 15) is 0 Å². The molecular weight excluding hydrogens is 435 g/mol. The standard InChI is InChI=1S/C16H26N6S.HI/c1-10-13(4)23-15(20-10)7-8-18-16(17-5)19-9-14-11(2)21-22(6)12(14)3;/h7-9H2,1-6H3,(H2,17,18,19);1H. The van der Waals surface area contributed by atoms with E-state index in [4.69, 9.17) is 0 Å². The molecule has 0 fully saturated rings. The first-order valence-corrected chi connectivity index (χ1v) is 8.60. The van der Waals surface area contributed by atoms with E-state index in [-0.39, 0.29) is 24.0 Å². The zero-order valence-electron chi connectivity index (χ0n) is 15.2. The Labute approximate surface area is 165 Å². The lowest BCUT2D eigenvalue weighted by Crippen LogP contribution is -2.38. The van der Waals surface area contributed by atoms with Crippen molar-refractivity contribution < 1.29 is 0 Å². The van der Waals surface area contributed by atoms with Crippen molar-refractivity contribution in [3.05, 3.63) is 32.5 Å². The number of aromatic nitrogens is 3. The molecule has 0 bridgehead atoms. The van der Waals surface area contributed by atoms with Gasteiger partial charge in [-0.15, -0.1) is 35.3 Å². The maximum atomic E-state index is 4.56. The number of nitrogens with zero attached hydrogens (tertiary/aromatic N) is 4. The average Bonchev–Trinajstić information content (AvgIpc) is 2.95. The highest BCUT2D eigenvalue weighted by molar-refractivity contribution is 14.0. The van der Waals surface area contributed by atoms with Crippen LogP contribution in [0.15, 0.2) is 4.99 Å². The molecule has 134 valence electrons. The van der Waals surface area contributed by atoms with E-state index >= 15 is 0 Å². The molecule has 2 N–H and O–H groups in total. The molecule has 8 heteroatoms. The van der Waals surface area contributed by atoms with Crippen molar-refractivity contribution in [2.24, 2.45) is 12.0 Å². The lowest BCUT2D eigenvalue weighted by atomic mass is 10.2. The second kappa shape index (κ2) is 9.36. The van der Waals surface area contributed by atoms with Crippen molar-refractivity contribution in [2.75, 3.05) is 13.6 Å². The SMILES string of the molecule is CN=C(NCCc1nc(C)c(C)s1)NCc1c(C)nn(C)c1C.I. The predicted octanol–water partition coefficient (Wildman–Crippen LogP) is 2.64. The third-order valence-electron chi connectivity index (χ3n) is 4.02. The molecule has 2 rings (SSSR count).